The summed E-state index contributed by atoms with van der Waals surface area (Å²) in [5, 5.41) is 10.9. The lowest BCUT2D eigenvalue weighted by molar-refractivity contribution is -0.385. The summed E-state index contributed by atoms with van der Waals surface area (Å²) in [4.78, 5) is 24.3. The molecule has 1 aliphatic heterocycles. The van der Waals surface area contributed by atoms with E-state index in [-0.39, 0.29) is 24.0 Å². The zero-order valence-corrected chi connectivity index (χ0v) is 21.0. The molecule has 0 radical (unpaired) electrons. The molecule has 0 spiro atoms. The molecule has 1 saturated carbocycles. The molecule has 0 bridgehead atoms. The number of hydrogen-bond donors (Lipinski definition) is 0. The van der Waals surface area contributed by atoms with Crippen LogP contribution in [-0.4, -0.2) is 66.6 Å². The minimum absolute atomic E-state index is 0.0123. The van der Waals surface area contributed by atoms with Gasteiger partial charge in [0.05, 0.1) is 34.8 Å². The Kier molecular flexibility index (Phi) is 8.95. The third kappa shape index (κ3) is 8.42. The largest absolute Gasteiger partial charge is 0.490 e. The van der Waals surface area contributed by atoms with Crippen LogP contribution in [-0.2, 0) is 14.2 Å². The number of halogens is 1. The van der Waals surface area contributed by atoms with Gasteiger partial charge in [-0.2, -0.15) is 0 Å². The summed E-state index contributed by atoms with van der Waals surface area (Å²) >= 11 is 3.33. The number of amides is 1. The fourth-order valence-corrected chi connectivity index (χ4v) is 4.11. The Morgan fingerprint density at radius 2 is 1.91 bits per heavy atom. The first-order valence-corrected chi connectivity index (χ1v) is 12.2. The van der Waals surface area contributed by atoms with Gasteiger partial charge in [0.1, 0.15) is 18.0 Å². The molecule has 0 aromatic heterocycles. The van der Waals surface area contributed by atoms with E-state index < -0.39 is 10.5 Å². The Bertz CT molecular complexity index is 818. The van der Waals surface area contributed by atoms with E-state index in [0.717, 1.165) is 25.7 Å². The predicted octanol–water partition coefficient (Wildman–Crippen LogP) is 4.95. The Hall–Kier alpha value is -1.91. The maximum Gasteiger partial charge on any atom is 0.410 e. The summed E-state index contributed by atoms with van der Waals surface area (Å²) in [7, 11) is 0. The summed E-state index contributed by atoms with van der Waals surface area (Å²) in [6.45, 7) is 8.20. The van der Waals surface area contributed by atoms with Crippen LogP contribution in [0, 0.1) is 16.0 Å². The van der Waals surface area contributed by atoms with Gasteiger partial charge in [-0.15, -0.1) is 0 Å². The summed E-state index contributed by atoms with van der Waals surface area (Å²) in [5.41, 5.74) is -0.476. The molecule has 2 fully saturated rings. The highest BCUT2D eigenvalue weighted by atomic mass is 79.9. The van der Waals surface area contributed by atoms with E-state index in [1.54, 1.807) is 11.0 Å². The first-order valence-electron chi connectivity index (χ1n) is 11.4. The number of likely N-dealkylation sites (tertiary alicyclic amines) is 1. The SMILES string of the molecule is CC(C)(C)OC(=O)N1CCC(OCCOC(COc2ccc([N+](=O)[O-])cc2Br)C2CC2)CC1. The number of hydrogen-bond acceptors (Lipinski definition) is 7. The molecule has 184 valence electrons. The lowest BCUT2D eigenvalue weighted by atomic mass is 10.1. The monoisotopic (exact) mass is 528 g/mol. The number of non-ortho nitro benzene ring substituents is 1. The van der Waals surface area contributed by atoms with E-state index in [1.807, 2.05) is 20.8 Å². The molecule has 1 atom stereocenters. The van der Waals surface area contributed by atoms with Crippen molar-refractivity contribution in [3.8, 4) is 5.75 Å². The molecule has 0 N–H and O–H groups in total. The van der Waals surface area contributed by atoms with E-state index in [1.165, 1.54) is 12.1 Å². The molecule has 1 saturated heterocycles. The van der Waals surface area contributed by atoms with Gasteiger partial charge >= 0.3 is 6.09 Å². The van der Waals surface area contributed by atoms with Crippen molar-refractivity contribution in [2.75, 3.05) is 32.9 Å². The summed E-state index contributed by atoms with van der Waals surface area (Å²) in [6.07, 6.45) is 3.59. The van der Waals surface area contributed by atoms with Crippen molar-refractivity contribution in [1.82, 2.24) is 4.90 Å². The maximum absolute atomic E-state index is 12.2. The van der Waals surface area contributed by atoms with E-state index in [2.05, 4.69) is 15.9 Å². The molecule has 1 heterocycles. The summed E-state index contributed by atoms with van der Waals surface area (Å²) in [5.74, 6) is 1.03. The van der Waals surface area contributed by atoms with Crippen LogP contribution >= 0.6 is 15.9 Å². The van der Waals surface area contributed by atoms with Crippen LogP contribution in [0.2, 0.25) is 0 Å². The normalized spacial score (nSPS) is 18.1. The molecule has 1 aromatic carbocycles. The molecule has 9 nitrogen and oxygen atoms in total. The first kappa shape index (κ1) is 25.7. The Morgan fingerprint density at radius 1 is 1.21 bits per heavy atom. The fourth-order valence-electron chi connectivity index (χ4n) is 3.63. The molecular formula is C23H33BrN2O7. The van der Waals surface area contributed by atoms with Gasteiger partial charge in [-0.1, -0.05) is 0 Å². The van der Waals surface area contributed by atoms with Crippen molar-refractivity contribution in [3.63, 3.8) is 0 Å². The van der Waals surface area contributed by atoms with Crippen molar-refractivity contribution in [2.24, 2.45) is 5.92 Å². The highest BCUT2D eigenvalue weighted by molar-refractivity contribution is 9.10. The average molecular weight is 529 g/mol. The Balaban J connectivity index is 1.35. The molecule has 1 aliphatic carbocycles. The van der Waals surface area contributed by atoms with Crippen LogP contribution in [0.15, 0.2) is 22.7 Å². The summed E-state index contributed by atoms with van der Waals surface area (Å²) < 4.78 is 23.8. The van der Waals surface area contributed by atoms with Gasteiger partial charge in [-0.05, 0) is 74.4 Å². The Labute approximate surface area is 203 Å². The second kappa shape index (κ2) is 11.5. The molecular weight excluding hydrogens is 496 g/mol. The Morgan fingerprint density at radius 3 is 2.48 bits per heavy atom. The van der Waals surface area contributed by atoms with Crippen molar-refractivity contribution < 1.29 is 28.7 Å². The predicted molar refractivity (Wildman–Crippen MR) is 126 cm³/mol. The first-order chi connectivity index (χ1) is 15.6. The minimum atomic E-state index is -0.488. The minimum Gasteiger partial charge on any atom is -0.490 e. The number of benzene rings is 1. The highest BCUT2D eigenvalue weighted by Crippen LogP contribution is 2.36. The quantitative estimate of drug-likeness (QED) is 0.240. The van der Waals surface area contributed by atoms with Gasteiger partial charge in [0.2, 0.25) is 0 Å². The highest BCUT2D eigenvalue weighted by Gasteiger charge is 2.33. The topological polar surface area (TPSA) is 100 Å². The summed E-state index contributed by atoms with van der Waals surface area (Å²) in [6, 6.07) is 4.46. The van der Waals surface area contributed by atoms with Crippen LogP contribution in [0.25, 0.3) is 0 Å². The van der Waals surface area contributed by atoms with Gasteiger partial charge in [0.25, 0.3) is 5.69 Å². The number of carbonyl (C=O) groups is 1. The van der Waals surface area contributed by atoms with Crippen molar-refractivity contribution in [2.45, 2.75) is 64.3 Å². The van der Waals surface area contributed by atoms with Crippen LogP contribution in [0.1, 0.15) is 46.5 Å². The van der Waals surface area contributed by atoms with Gasteiger partial charge in [-0.3, -0.25) is 10.1 Å². The number of ether oxygens (including phenoxy) is 4. The number of piperidine rings is 1. The second-order valence-corrected chi connectivity index (χ2v) is 10.3. The van der Waals surface area contributed by atoms with Gasteiger partial charge in [-0.25, -0.2) is 4.79 Å². The average Bonchev–Trinajstić information content (AvgIpc) is 3.58. The zero-order valence-electron chi connectivity index (χ0n) is 19.5. The van der Waals surface area contributed by atoms with E-state index in [9.17, 15) is 14.9 Å². The number of rotatable bonds is 10. The van der Waals surface area contributed by atoms with Gasteiger partial charge in [0.15, 0.2) is 0 Å². The number of nitro groups is 1. The van der Waals surface area contributed by atoms with E-state index >= 15 is 0 Å². The van der Waals surface area contributed by atoms with Crippen LogP contribution in [0.3, 0.4) is 0 Å². The van der Waals surface area contributed by atoms with Gasteiger partial charge in [0, 0.05) is 25.2 Å². The van der Waals surface area contributed by atoms with Crippen molar-refractivity contribution >= 4 is 27.7 Å². The maximum atomic E-state index is 12.2. The van der Waals surface area contributed by atoms with Crippen LogP contribution in [0.4, 0.5) is 10.5 Å². The lowest BCUT2D eigenvalue weighted by Gasteiger charge is -2.33. The second-order valence-electron chi connectivity index (χ2n) is 9.47. The van der Waals surface area contributed by atoms with Crippen LogP contribution in [0.5, 0.6) is 5.75 Å². The molecule has 1 unspecified atom stereocenters. The zero-order chi connectivity index (χ0) is 24.0. The molecule has 3 rings (SSSR count). The standard InChI is InChI=1S/C23H33BrN2O7/c1-23(2,3)33-22(27)25-10-8-18(9-11-25)30-12-13-31-21(16-4-5-16)15-32-20-7-6-17(26(28)29)14-19(20)24/h6-7,14,16,18,21H,4-5,8-13,15H2,1-3H3. The van der Waals surface area contributed by atoms with Crippen molar-refractivity contribution in [1.29, 1.82) is 0 Å². The molecule has 2 aliphatic rings. The number of nitrogens with zero attached hydrogens (tertiary/aromatic N) is 2. The van der Waals surface area contributed by atoms with E-state index in [4.69, 9.17) is 18.9 Å². The molecule has 1 aromatic rings. The fraction of sp³-hybridized carbons (Fsp3) is 0.696. The third-order valence-electron chi connectivity index (χ3n) is 5.54. The smallest absolute Gasteiger partial charge is 0.410 e. The number of carbonyl (C=O) groups excluding carboxylic acids is 1. The lowest BCUT2D eigenvalue weighted by Crippen LogP contribution is -2.43. The van der Waals surface area contributed by atoms with Gasteiger partial charge < -0.3 is 23.8 Å². The molecule has 1 amide bonds. The van der Waals surface area contributed by atoms with Crippen molar-refractivity contribution in [3.05, 3.63) is 32.8 Å². The molecule has 10 heteroatoms. The van der Waals surface area contributed by atoms with Crippen LogP contribution < -0.4 is 4.74 Å². The number of nitro benzene ring substituents is 1. The van der Waals surface area contributed by atoms with E-state index in [0.29, 0.717) is 49.1 Å². The molecule has 33 heavy (non-hydrogen) atoms. The third-order valence-corrected chi connectivity index (χ3v) is 6.16.